The zero-order chi connectivity index (χ0) is 18.0. The number of hydrogen-bond donors (Lipinski definition) is 2. The molecule has 0 spiro atoms. The number of rotatable bonds is 7. The molecule has 0 fully saturated rings. The molecule has 2 N–H and O–H groups in total. The standard InChI is InChI=1S/C16H22BN3O4Si/c1-25(2,3)8-7-23-11-20-9-14(17(21)22)12-5-4-6-13(15(12)20)16-19-18-10-24-16/h4-6,9-10,21-22H,7-8,11H2,1-3H3. The SMILES string of the molecule is C[Si](C)(C)CCOCn1cc(B(O)O)c2cccc(-c3nnco3)c21. The summed E-state index contributed by atoms with van der Waals surface area (Å²) >= 11 is 0. The molecule has 132 valence electrons. The lowest BCUT2D eigenvalue weighted by Crippen LogP contribution is -2.29. The van der Waals surface area contributed by atoms with E-state index in [1.54, 1.807) is 6.20 Å². The van der Waals surface area contributed by atoms with Crippen LogP contribution in [0.5, 0.6) is 0 Å². The van der Waals surface area contributed by atoms with Crippen LogP contribution in [0.1, 0.15) is 0 Å². The fourth-order valence-corrected chi connectivity index (χ4v) is 3.46. The van der Waals surface area contributed by atoms with Gasteiger partial charge in [0.1, 0.15) is 6.73 Å². The van der Waals surface area contributed by atoms with Crippen molar-refractivity contribution in [1.82, 2.24) is 14.8 Å². The van der Waals surface area contributed by atoms with Gasteiger partial charge >= 0.3 is 7.12 Å². The molecule has 3 aromatic rings. The Labute approximate surface area is 147 Å². The summed E-state index contributed by atoms with van der Waals surface area (Å²) in [5.41, 5.74) is 1.93. The summed E-state index contributed by atoms with van der Waals surface area (Å²) in [4.78, 5) is 0. The third kappa shape index (κ3) is 4.01. The summed E-state index contributed by atoms with van der Waals surface area (Å²) in [6.07, 6.45) is 2.97. The molecule has 0 atom stereocenters. The third-order valence-corrected chi connectivity index (χ3v) is 5.73. The van der Waals surface area contributed by atoms with Crippen LogP contribution >= 0.6 is 0 Å². The minimum Gasteiger partial charge on any atom is -0.423 e. The number of hydrogen-bond acceptors (Lipinski definition) is 6. The van der Waals surface area contributed by atoms with E-state index in [2.05, 4.69) is 29.8 Å². The van der Waals surface area contributed by atoms with Crippen LogP contribution in [-0.4, -0.2) is 46.6 Å². The molecule has 9 heteroatoms. The van der Waals surface area contributed by atoms with Crippen molar-refractivity contribution < 1.29 is 19.2 Å². The van der Waals surface area contributed by atoms with Crippen LogP contribution in [0.25, 0.3) is 22.4 Å². The van der Waals surface area contributed by atoms with E-state index in [4.69, 9.17) is 9.15 Å². The predicted molar refractivity (Wildman–Crippen MR) is 99.2 cm³/mol. The molecule has 0 aliphatic rings. The summed E-state index contributed by atoms with van der Waals surface area (Å²) in [6, 6.07) is 6.59. The van der Waals surface area contributed by atoms with Gasteiger partial charge in [-0.15, -0.1) is 10.2 Å². The maximum atomic E-state index is 9.69. The molecule has 25 heavy (non-hydrogen) atoms. The van der Waals surface area contributed by atoms with Crippen LogP contribution < -0.4 is 5.46 Å². The van der Waals surface area contributed by atoms with Crippen LogP contribution in [0.2, 0.25) is 25.7 Å². The molecular formula is C16H22BN3O4Si. The number of benzene rings is 1. The molecule has 0 bridgehead atoms. The van der Waals surface area contributed by atoms with Gasteiger partial charge in [0.2, 0.25) is 12.3 Å². The largest absolute Gasteiger partial charge is 0.490 e. The Bertz CT molecular complexity index is 843. The molecule has 0 aliphatic heterocycles. The molecular weight excluding hydrogens is 337 g/mol. The second-order valence-corrected chi connectivity index (χ2v) is 12.8. The zero-order valence-corrected chi connectivity index (χ0v) is 15.6. The van der Waals surface area contributed by atoms with E-state index in [1.165, 1.54) is 6.39 Å². The van der Waals surface area contributed by atoms with E-state index in [-0.39, 0.29) is 0 Å². The Morgan fingerprint density at radius 3 is 2.72 bits per heavy atom. The van der Waals surface area contributed by atoms with Gasteiger partial charge in [-0.1, -0.05) is 31.8 Å². The first-order valence-electron chi connectivity index (χ1n) is 8.19. The lowest BCUT2D eigenvalue weighted by atomic mass is 9.80. The maximum absolute atomic E-state index is 9.69. The van der Waals surface area contributed by atoms with E-state index in [0.29, 0.717) is 24.7 Å². The van der Waals surface area contributed by atoms with Crippen LogP contribution in [0, 0.1) is 0 Å². The molecule has 3 rings (SSSR count). The molecule has 0 radical (unpaired) electrons. The Balaban J connectivity index is 1.96. The van der Waals surface area contributed by atoms with Gasteiger partial charge in [0.05, 0.1) is 11.1 Å². The number of ether oxygens (including phenoxy) is 1. The van der Waals surface area contributed by atoms with Crippen molar-refractivity contribution in [3.8, 4) is 11.5 Å². The van der Waals surface area contributed by atoms with E-state index >= 15 is 0 Å². The number of aromatic nitrogens is 3. The predicted octanol–water partition coefficient (Wildman–Crippen LogP) is 1.68. The molecule has 0 saturated heterocycles. The minimum atomic E-state index is -1.57. The first kappa shape index (κ1) is 17.9. The summed E-state index contributed by atoms with van der Waals surface area (Å²) in [7, 11) is -2.73. The van der Waals surface area contributed by atoms with Crippen LogP contribution in [-0.2, 0) is 11.5 Å². The first-order valence-corrected chi connectivity index (χ1v) is 11.9. The second-order valence-electron chi connectivity index (χ2n) is 7.22. The number of fused-ring (bicyclic) bond motifs is 1. The van der Waals surface area contributed by atoms with Crippen molar-refractivity contribution >= 4 is 31.6 Å². The summed E-state index contributed by atoms with van der Waals surface area (Å²) in [6.45, 7) is 7.90. The molecule has 0 unspecified atom stereocenters. The maximum Gasteiger partial charge on any atom is 0.490 e. The smallest absolute Gasteiger partial charge is 0.423 e. The molecule has 0 aliphatic carbocycles. The van der Waals surface area contributed by atoms with Gasteiger partial charge in [-0.05, 0) is 12.1 Å². The fourth-order valence-electron chi connectivity index (χ4n) is 2.70. The minimum absolute atomic E-state index is 0.318. The molecule has 7 nitrogen and oxygen atoms in total. The van der Waals surface area contributed by atoms with E-state index in [9.17, 15) is 10.0 Å². The molecule has 1 aromatic carbocycles. The Morgan fingerprint density at radius 2 is 2.08 bits per heavy atom. The normalized spacial score (nSPS) is 12.0. The van der Waals surface area contributed by atoms with Crippen LogP contribution in [0.15, 0.2) is 35.2 Å². The van der Waals surface area contributed by atoms with Gasteiger partial charge in [0.25, 0.3) is 0 Å². The topological polar surface area (TPSA) is 93.5 Å². The van der Waals surface area contributed by atoms with Crippen molar-refractivity contribution in [2.75, 3.05) is 6.61 Å². The quantitative estimate of drug-likeness (QED) is 0.493. The van der Waals surface area contributed by atoms with Gasteiger partial charge < -0.3 is 23.8 Å². The molecule has 0 amide bonds. The van der Waals surface area contributed by atoms with Crippen LogP contribution in [0.4, 0.5) is 0 Å². The third-order valence-electron chi connectivity index (χ3n) is 4.02. The zero-order valence-electron chi connectivity index (χ0n) is 14.6. The highest BCUT2D eigenvalue weighted by molar-refractivity contribution is 6.76. The lowest BCUT2D eigenvalue weighted by molar-refractivity contribution is 0.0903. The Hall–Kier alpha value is -1.94. The molecule has 0 saturated carbocycles. The van der Waals surface area contributed by atoms with E-state index in [0.717, 1.165) is 22.5 Å². The van der Waals surface area contributed by atoms with Gasteiger partial charge in [-0.2, -0.15) is 0 Å². The highest BCUT2D eigenvalue weighted by Crippen LogP contribution is 2.27. The van der Waals surface area contributed by atoms with Crippen molar-refractivity contribution in [1.29, 1.82) is 0 Å². The summed E-state index contributed by atoms with van der Waals surface area (Å²) in [5.74, 6) is 0.381. The van der Waals surface area contributed by atoms with E-state index in [1.807, 2.05) is 22.8 Å². The Morgan fingerprint density at radius 1 is 1.28 bits per heavy atom. The number of nitrogens with zero attached hydrogens (tertiary/aromatic N) is 3. The summed E-state index contributed by atoms with van der Waals surface area (Å²) in [5, 5.41) is 27.8. The van der Waals surface area contributed by atoms with Gasteiger partial charge in [-0.3, -0.25) is 0 Å². The van der Waals surface area contributed by atoms with Gasteiger partial charge in [0, 0.05) is 31.7 Å². The van der Waals surface area contributed by atoms with Gasteiger partial charge in [-0.25, -0.2) is 0 Å². The van der Waals surface area contributed by atoms with Crippen molar-refractivity contribution in [2.24, 2.45) is 0 Å². The average Bonchev–Trinajstić information content (AvgIpc) is 3.18. The van der Waals surface area contributed by atoms with Crippen molar-refractivity contribution in [3.63, 3.8) is 0 Å². The Kier molecular flexibility index (Phi) is 5.09. The van der Waals surface area contributed by atoms with Crippen molar-refractivity contribution in [3.05, 3.63) is 30.8 Å². The fraction of sp³-hybridized carbons (Fsp3) is 0.375. The van der Waals surface area contributed by atoms with E-state index < -0.39 is 15.2 Å². The average molecular weight is 359 g/mol. The highest BCUT2D eigenvalue weighted by atomic mass is 28.3. The highest BCUT2D eigenvalue weighted by Gasteiger charge is 2.22. The van der Waals surface area contributed by atoms with Crippen LogP contribution in [0.3, 0.4) is 0 Å². The summed E-state index contributed by atoms with van der Waals surface area (Å²) < 4.78 is 13.0. The molecule has 2 aromatic heterocycles. The van der Waals surface area contributed by atoms with Crippen molar-refractivity contribution in [2.45, 2.75) is 32.4 Å². The monoisotopic (exact) mass is 359 g/mol. The molecule has 2 heterocycles. The second kappa shape index (κ2) is 7.12. The van der Waals surface area contributed by atoms with Gasteiger partial charge in [0.15, 0.2) is 0 Å². The first-order chi connectivity index (χ1) is 11.9. The lowest BCUT2D eigenvalue weighted by Gasteiger charge is -2.16. The number of para-hydroxylation sites is 1.